The summed E-state index contributed by atoms with van der Waals surface area (Å²) < 4.78 is 5.25. The number of anilines is 1. The van der Waals surface area contributed by atoms with Gasteiger partial charge in [0.05, 0.1) is 12.1 Å². The summed E-state index contributed by atoms with van der Waals surface area (Å²) in [5, 5.41) is 13.1. The molecule has 8 heteroatoms. The number of carbonyl (C=O) groups excluding carboxylic acids is 1. The SMILES string of the molecule is C=NN(CC(=O)N1CCN(c2ccc(Cl)c(OC)c2)CC1)C(C)=N. The van der Waals surface area contributed by atoms with E-state index in [4.69, 9.17) is 21.7 Å². The van der Waals surface area contributed by atoms with Gasteiger partial charge in [-0.15, -0.1) is 0 Å². The highest BCUT2D eigenvalue weighted by atomic mass is 35.5. The Morgan fingerprint density at radius 3 is 2.62 bits per heavy atom. The van der Waals surface area contributed by atoms with Gasteiger partial charge in [-0.2, -0.15) is 5.10 Å². The summed E-state index contributed by atoms with van der Waals surface area (Å²) in [5.74, 6) is 0.786. The quantitative estimate of drug-likeness (QED) is 0.499. The van der Waals surface area contributed by atoms with Crippen molar-refractivity contribution in [3.8, 4) is 5.75 Å². The topological polar surface area (TPSA) is 72.2 Å². The summed E-state index contributed by atoms with van der Waals surface area (Å²) in [6.07, 6.45) is 0. The summed E-state index contributed by atoms with van der Waals surface area (Å²) in [7, 11) is 1.59. The Kier molecular flexibility index (Phi) is 6.03. The summed E-state index contributed by atoms with van der Waals surface area (Å²) >= 11 is 6.06. The molecule has 0 atom stereocenters. The average molecular weight is 352 g/mol. The lowest BCUT2D eigenvalue weighted by atomic mass is 10.2. The molecule has 1 amide bonds. The monoisotopic (exact) mass is 351 g/mol. The Labute approximate surface area is 146 Å². The molecule has 0 aliphatic carbocycles. The Morgan fingerprint density at radius 2 is 2.08 bits per heavy atom. The maximum atomic E-state index is 12.3. The van der Waals surface area contributed by atoms with Gasteiger partial charge in [0.2, 0.25) is 5.91 Å². The van der Waals surface area contributed by atoms with Gasteiger partial charge in [0, 0.05) is 44.7 Å². The van der Waals surface area contributed by atoms with Crippen LogP contribution in [0.1, 0.15) is 6.92 Å². The summed E-state index contributed by atoms with van der Waals surface area (Å²) in [4.78, 5) is 16.3. The van der Waals surface area contributed by atoms with Gasteiger partial charge in [-0.3, -0.25) is 10.2 Å². The molecule has 7 nitrogen and oxygen atoms in total. The van der Waals surface area contributed by atoms with Crippen LogP contribution >= 0.6 is 11.6 Å². The Hall–Kier alpha value is -2.28. The third kappa shape index (κ3) is 4.17. The van der Waals surface area contributed by atoms with E-state index < -0.39 is 0 Å². The molecule has 1 aliphatic rings. The van der Waals surface area contributed by atoms with Gasteiger partial charge in [-0.1, -0.05) is 11.6 Å². The fraction of sp³-hybridized carbons (Fsp3) is 0.438. The number of rotatable bonds is 5. The van der Waals surface area contributed by atoms with Crippen LogP contribution < -0.4 is 9.64 Å². The summed E-state index contributed by atoms with van der Waals surface area (Å²) in [5.41, 5.74) is 1.02. The number of methoxy groups -OCH3 is 1. The molecule has 1 N–H and O–H groups in total. The maximum Gasteiger partial charge on any atom is 0.244 e. The molecule has 0 unspecified atom stereocenters. The highest BCUT2D eigenvalue weighted by Gasteiger charge is 2.23. The van der Waals surface area contributed by atoms with Crippen LogP contribution in [0.15, 0.2) is 23.3 Å². The number of nitrogens with one attached hydrogen (secondary N) is 1. The van der Waals surface area contributed by atoms with Gasteiger partial charge < -0.3 is 14.5 Å². The largest absolute Gasteiger partial charge is 0.495 e. The minimum Gasteiger partial charge on any atom is -0.495 e. The van der Waals surface area contributed by atoms with Crippen LogP contribution in [-0.4, -0.2) is 68.2 Å². The van der Waals surface area contributed by atoms with Crippen molar-refractivity contribution in [2.75, 3.05) is 44.7 Å². The third-order valence-corrected chi connectivity index (χ3v) is 4.29. The van der Waals surface area contributed by atoms with E-state index in [2.05, 4.69) is 16.7 Å². The van der Waals surface area contributed by atoms with Gasteiger partial charge in [0.15, 0.2) is 0 Å². The van der Waals surface area contributed by atoms with E-state index in [1.54, 1.807) is 18.9 Å². The molecule has 0 radical (unpaired) electrons. The number of ether oxygens (including phenoxy) is 1. The molecule has 130 valence electrons. The summed E-state index contributed by atoms with van der Waals surface area (Å²) in [6.45, 7) is 7.70. The van der Waals surface area contributed by atoms with Crippen molar-refractivity contribution < 1.29 is 9.53 Å². The highest BCUT2D eigenvalue weighted by Crippen LogP contribution is 2.29. The minimum atomic E-state index is -0.0534. The number of hydrazone groups is 1. The number of nitrogens with zero attached hydrogens (tertiary/aromatic N) is 4. The Bertz CT molecular complexity index is 629. The smallest absolute Gasteiger partial charge is 0.244 e. The number of hydrogen-bond acceptors (Lipinski definition) is 5. The van der Waals surface area contributed by atoms with Crippen LogP contribution in [0.4, 0.5) is 5.69 Å². The molecule has 1 aromatic rings. The van der Waals surface area contributed by atoms with E-state index in [0.29, 0.717) is 23.9 Å². The number of amidine groups is 1. The number of carbonyl (C=O) groups is 1. The summed E-state index contributed by atoms with van der Waals surface area (Å²) in [6, 6.07) is 5.67. The first-order valence-corrected chi connectivity index (χ1v) is 7.99. The van der Waals surface area contributed by atoms with Crippen LogP contribution in [0.3, 0.4) is 0 Å². The fourth-order valence-corrected chi connectivity index (χ4v) is 2.76. The zero-order valence-corrected chi connectivity index (χ0v) is 14.7. The van der Waals surface area contributed by atoms with E-state index in [1.807, 2.05) is 18.2 Å². The van der Waals surface area contributed by atoms with Crippen LogP contribution in [-0.2, 0) is 4.79 Å². The zero-order valence-electron chi connectivity index (χ0n) is 14.0. The van der Waals surface area contributed by atoms with Crippen LogP contribution in [0, 0.1) is 5.41 Å². The van der Waals surface area contributed by atoms with Crippen LogP contribution in [0.2, 0.25) is 5.02 Å². The lowest BCUT2D eigenvalue weighted by molar-refractivity contribution is -0.131. The normalized spacial score (nSPS) is 14.3. The number of hydrogen-bond donors (Lipinski definition) is 1. The first-order valence-electron chi connectivity index (χ1n) is 7.62. The number of halogens is 1. The van der Waals surface area contributed by atoms with Gasteiger partial charge in [0.1, 0.15) is 18.1 Å². The molecular formula is C16H22ClN5O2. The van der Waals surface area contributed by atoms with Gasteiger partial charge in [-0.25, -0.2) is 5.01 Å². The van der Waals surface area contributed by atoms with Gasteiger partial charge >= 0.3 is 0 Å². The lowest BCUT2D eigenvalue weighted by Crippen LogP contribution is -2.51. The second kappa shape index (κ2) is 8.01. The predicted molar refractivity (Wildman–Crippen MR) is 96.5 cm³/mol. The van der Waals surface area contributed by atoms with E-state index in [1.165, 1.54) is 5.01 Å². The van der Waals surface area contributed by atoms with Crippen LogP contribution in [0.25, 0.3) is 0 Å². The molecule has 24 heavy (non-hydrogen) atoms. The predicted octanol–water partition coefficient (Wildman–Crippen LogP) is 1.91. The molecule has 0 aromatic heterocycles. The molecule has 0 spiro atoms. The second-order valence-corrected chi connectivity index (χ2v) is 5.88. The average Bonchev–Trinajstić information content (AvgIpc) is 2.59. The molecular weight excluding hydrogens is 330 g/mol. The number of benzene rings is 1. The van der Waals surface area contributed by atoms with Crippen molar-refractivity contribution in [3.05, 3.63) is 23.2 Å². The molecule has 0 saturated carbocycles. The molecule has 1 heterocycles. The Balaban J connectivity index is 1.94. The van der Waals surface area contributed by atoms with Gasteiger partial charge in [-0.05, 0) is 19.1 Å². The molecule has 1 fully saturated rings. The van der Waals surface area contributed by atoms with Gasteiger partial charge in [0.25, 0.3) is 0 Å². The maximum absolute atomic E-state index is 12.3. The number of piperazine rings is 1. The fourth-order valence-electron chi connectivity index (χ4n) is 2.56. The van der Waals surface area contributed by atoms with Crippen molar-refractivity contribution in [2.45, 2.75) is 6.92 Å². The molecule has 1 aromatic carbocycles. The van der Waals surface area contributed by atoms with E-state index in [-0.39, 0.29) is 18.3 Å². The molecule has 0 bridgehead atoms. The van der Waals surface area contributed by atoms with E-state index >= 15 is 0 Å². The lowest BCUT2D eigenvalue weighted by Gasteiger charge is -2.36. The zero-order chi connectivity index (χ0) is 17.7. The molecule has 2 rings (SSSR count). The highest BCUT2D eigenvalue weighted by molar-refractivity contribution is 6.32. The van der Waals surface area contributed by atoms with E-state index in [0.717, 1.165) is 18.8 Å². The molecule has 1 aliphatic heterocycles. The van der Waals surface area contributed by atoms with Crippen molar-refractivity contribution in [3.63, 3.8) is 0 Å². The van der Waals surface area contributed by atoms with Crippen molar-refractivity contribution in [1.29, 1.82) is 5.41 Å². The standard InChI is InChI=1S/C16H22ClN5O2/c1-12(18)22(19-2)11-16(23)21-8-6-20(7-9-21)13-4-5-14(17)15(10-13)24-3/h4-5,10,18H,2,6-9,11H2,1,3H3. The first-order chi connectivity index (χ1) is 11.5. The number of amides is 1. The Morgan fingerprint density at radius 1 is 1.42 bits per heavy atom. The van der Waals surface area contributed by atoms with Crippen molar-refractivity contribution in [2.24, 2.45) is 5.10 Å². The van der Waals surface area contributed by atoms with Crippen molar-refractivity contribution >= 4 is 35.7 Å². The first kappa shape index (κ1) is 18.1. The second-order valence-electron chi connectivity index (χ2n) is 5.47. The molecule has 1 saturated heterocycles. The third-order valence-electron chi connectivity index (χ3n) is 3.98. The van der Waals surface area contributed by atoms with E-state index in [9.17, 15) is 4.79 Å². The van der Waals surface area contributed by atoms with Crippen LogP contribution in [0.5, 0.6) is 5.75 Å². The minimum absolute atomic E-state index is 0.0492. The van der Waals surface area contributed by atoms with Crippen molar-refractivity contribution in [1.82, 2.24) is 9.91 Å².